The maximum Gasteiger partial charge on any atom is 0.0714 e. The zero-order chi connectivity index (χ0) is 8.15. The summed E-state index contributed by atoms with van der Waals surface area (Å²) in [5, 5.41) is 21.1. The van der Waals surface area contributed by atoms with Gasteiger partial charge in [0.25, 0.3) is 0 Å². The Kier molecular flexibility index (Phi) is 4.60. The van der Waals surface area contributed by atoms with Crippen LogP contribution in [0.15, 0.2) is 0 Å². The van der Waals surface area contributed by atoms with Crippen LogP contribution in [0.4, 0.5) is 0 Å². The molecule has 0 rings (SSSR count). The van der Waals surface area contributed by atoms with Crippen LogP contribution in [0.2, 0.25) is 0 Å². The number of rotatable bonds is 4. The molecule has 0 aromatic heterocycles. The predicted octanol–water partition coefficient (Wildman–Crippen LogP) is -0.274. The van der Waals surface area contributed by atoms with E-state index >= 15 is 0 Å². The minimum atomic E-state index is -0.454. The molecular weight excluding hydrogens is 130 g/mol. The monoisotopic (exact) mass is 147 g/mol. The second-order valence-corrected chi connectivity index (χ2v) is 2.73. The van der Waals surface area contributed by atoms with E-state index in [4.69, 9.17) is 5.11 Å². The fourth-order valence-corrected chi connectivity index (χ4v) is 0.746. The van der Waals surface area contributed by atoms with Gasteiger partial charge in [-0.2, -0.15) is 0 Å². The molecule has 3 N–H and O–H groups in total. The molecule has 62 valence electrons. The van der Waals surface area contributed by atoms with Crippen LogP contribution in [0.25, 0.3) is 0 Å². The van der Waals surface area contributed by atoms with Crippen molar-refractivity contribution in [2.24, 2.45) is 0 Å². The Morgan fingerprint density at radius 2 is 1.80 bits per heavy atom. The molecule has 3 heteroatoms. The van der Waals surface area contributed by atoms with Crippen LogP contribution in [0.1, 0.15) is 20.3 Å². The quantitative estimate of drug-likeness (QED) is 0.513. The van der Waals surface area contributed by atoms with Gasteiger partial charge in [-0.05, 0) is 20.9 Å². The predicted molar refractivity (Wildman–Crippen MR) is 40.8 cm³/mol. The zero-order valence-corrected chi connectivity index (χ0v) is 6.83. The number of nitrogens with one attached hydrogen (secondary N) is 1. The van der Waals surface area contributed by atoms with Gasteiger partial charge in [0.15, 0.2) is 0 Å². The molecule has 3 nitrogen and oxygen atoms in total. The van der Waals surface area contributed by atoms with E-state index in [-0.39, 0.29) is 6.04 Å². The van der Waals surface area contributed by atoms with Crippen molar-refractivity contribution in [2.75, 3.05) is 7.05 Å². The van der Waals surface area contributed by atoms with Crippen LogP contribution < -0.4 is 5.32 Å². The van der Waals surface area contributed by atoms with Gasteiger partial charge >= 0.3 is 0 Å². The molecule has 0 bridgehead atoms. The van der Waals surface area contributed by atoms with Crippen LogP contribution >= 0.6 is 0 Å². The molecule has 0 aliphatic heterocycles. The highest BCUT2D eigenvalue weighted by atomic mass is 16.3. The third-order valence-electron chi connectivity index (χ3n) is 1.62. The summed E-state index contributed by atoms with van der Waals surface area (Å²) < 4.78 is 0. The van der Waals surface area contributed by atoms with Gasteiger partial charge in [0.05, 0.1) is 12.2 Å². The Balaban J connectivity index is 3.50. The van der Waals surface area contributed by atoms with E-state index in [2.05, 4.69) is 5.32 Å². The summed E-state index contributed by atoms with van der Waals surface area (Å²) in [7, 11) is 1.79. The largest absolute Gasteiger partial charge is 0.393 e. The smallest absolute Gasteiger partial charge is 0.0714 e. The van der Waals surface area contributed by atoms with Crippen molar-refractivity contribution in [2.45, 2.75) is 38.5 Å². The lowest BCUT2D eigenvalue weighted by molar-refractivity contribution is 0.0705. The first-order valence-corrected chi connectivity index (χ1v) is 3.61. The highest BCUT2D eigenvalue weighted by Gasteiger charge is 2.13. The van der Waals surface area contributed by atoms with Gasteiger partial charge in [-0.3, -0.25) is 0 Å². The molecule has 0 aliphatic carbocycles. The van der Waals surface area contributed by atoms with Gasteiger partial charge in [-0.1, -0.05) is 0 Å². The van der Waals surface area contributed by atoms with E-state index < -0.39 is 12.2 Å². The topological polar surface area (TPSA) is 52.5 Å². The third-order valence-corrected chi connectivity index (χ3v) is 1.62. The number of hydrogen-bond donors (Lipinski definition) is 3. The Bertz CT molecular complexity index is 85.7. The van der Waals surface area contributed by atoms with Gasteiger partial charge in [0.1, 0.15) is 0 Å². The molecule has 0 radical (unpaired) electrons. The number of likely N-dealkylation sites (N-methyl/N-ethyl adjacent to an activating group) is 1. The highest BCUT2D eigenvalue weighted by Crippen LogP contribution is 2.01. The SMILES string of the molecule is CNC(C)C(O)CC(C)O. The minimum absolute atomic E-state index is 0.0506. The van der Waals surface area contributed by atoms with Crippen LogP contribution in [0.3, 0.4) is 0 Å². The van der Waals surface area contributed by atoms with Gasteiger partial charge in [-0.25, -0.2) is 0 Å². The summed E-state index contributed by atoms with van der Waals surface area (Å²) in [6, 6.07) is 0.0506. The van der Waals surface area contributed by atoms with Crippen molar-refractivity contribution < 1.29 is 10.2 Å². The van der Waals surface area contributed by atoms with Crippen molar-refractivity contribution in [1.82, 2.24) is 5.32 Å². The normalized spacial score (nSPS) is 20.1. The van der Waals surface area contributed by atoms with Crippen molar-refractivity contribution in [3.05, 3.63) is 0 Å². The average Bonchev–Trinajstić information content (AvgIpc) is 1.85. The summed E-state index contributed by atoms with van der Waals surface area (Å²) in [6.07, 6.45) is -0.446. The van der Waals surface area contributed by atoms with Gasteiger partial charge in [-0.15, -0.1) is 0 Å². The number of aliphatic hydroxyl groups excluding tert-OH is 2. The molecule has 3 unspecified atom stereocenters. The van der Waals surface area contributed by atoms with Crippen molar-refractivity contribution in [3.8, 4) is 0 Å². The first kappa shape index (κ1) is 9.88. The maximum absolute atomic E-state index is 9.27. The molecule has 0 saturated heterocycles. The Morgan fingerprint density at radius 3 is 2.10 bits per heavy atom. The average molecular weight is 147 g/mol. The molecule has 10 heavy (non-hydrogen) atoms. The fourth-order valence-electron chi connectivity index (χ4n) is 0.746. The molecule has 0 saturated carbocycles. The fraction of sp³-hybridized carbons (Fsp3) is 1.00. The Hall–Kier alpha value is -0.120. The van der Waals surface area contributed by atoms with E-state index in [1.807, 2.05) is 6.92 Å². The molecule has 0 spiro atoms. The molecule has 0 aromatic rings. The second-order valence-electron chi connectivity index (χ2n) is 2.73. The maximum atomic E-state index is 9.27. The van der Waals surface area contributed by atoms with E-state index in [1.54, 1.807) is 14.0 Å². The molecule has 0 fully saturated rings. The van der Waals surface area contributed by atoms with Crippen LogP contribution in [0, 0.1) is 0 Å². The third kappa shape index (κ3) is 3.82. The molecule has 3 atom stereocenters. The van der Waals surface area contributed by atoms with Crippen molar-refractivity contribution in [3.63, 3.8) is 0 Å². The summed E-state index contributed by atoms with van der Waals surface area (Å²) in [6.45, 7) is 3.55. The second kappa shape index (κ2) is 4.66. The van der Waals surface area contributed by atoms with E-state index in [0.717, 1.165) is 0 Å². The summed E-state index contributed by atoms with van der Waals surface area (Å²) >= 11 is 0. The summed E-state index contributed by atoms with van der Waals surface area (Å²) in [5.74, 6) is 0. The van der Waals surface area contributed by atoms with Crippen LogP contribution in [-0.4, -0.2) is 35.5 Å². The van der Waals surface area contributed by atoms with Gasteiger partial charge < -0.3 is 15.5 Å². The first-order chi connectivity index (χ1) is 4.57. The van der Waals surface area contributed by atoms with Crippen LogP contribution in [0.5, 0.6) is 0 Å². The highest BCUT2D eigenvalue weighted by molar-refractivity contribution is 4.70. The first-order valence-electron chi connectivity index (χ1n) is 3.61. The lowest BCUT2D eigenvalue weighted by atomic mass is 10.1. The van der Waals surface area contributed by atoms with Gasteiger partial charge in [0, 0.05) is 12.5 Å². The van der Waals surface area contributed by atoms with Crippen molar-refractivity contribution in [1.29, 1.82) is 0 Å². The molecule has 0 amide bonds. The van der Waals surface area contributed by atoms with Crippen molar-refractivity contribution >= 4 is 0 Å². The van der Waals surface area contributed by atoms with Crippen LogP contribution in [-0.2, 0) is 0 Å². The van der Waals surface area contributed by atoms with E-state index in [1.165, 1.54) is 0 Å². The Labute approximate surface area is 62.1 Å². The molecule has 0 aliphatic rings. The van der Waals surface area contributed by atoms with Gasteiger partial charge in [0.2, 0.25) is 0 Å². The zero-order valence-electron chi connectivity index (χ0n) is 6.83. The molecule has 0 heterocycles. The number of aliphatic hydroxyl groups is 2. The standard InChI is InChI=1S/C7H17NO2/c1-5(9)4-7(10)6(2)8-3/h5-10H,4H2,1-3H3. The molecular formula is C7H17NO2. The summed E-state index contributed by atoms with van der Waals surface area (Å²) in [5.41, 5.74) is 0. The Morgan fingerprint density at radius 1 is 1.30 bits per heavy atom. The summed E-state index contributed by atoms with van der Waals surface area (Å²) in [4.78, 5) is 0. The van der Waals surface area contributed by atoms with E-state index in [9.17, 15) is 5.11 Å². The molecule has 0 aromatic carbocycles. The van der Waals surface area contributed by atoms with E-state index in [0.29, 0.717) is 6.42 Å². The minimum Gasteiger partial charge on any atom is -0.393 e. The lowest BCUT2D eigenvalue weighted by Crippen LogP contribution is -2.36. The number of hydrogen-bond acceptors (Lipinski definition) is 3. The lowest BCUT2D eigenvalue weighted by Gasteiger charge is -2.18.